The number of ether oxygens (including phenoxy) is 1. The Bertz CT molecular complexity index is 1360. The summed E-state index contributed by atoms with van der Waals surface area (Å²) in [7, 11) is 1.54. The molecule has 3 aromatic rings. The smallest absolute Gasteiger partial charge is 0.416 e. The standard InChI is InChI=1S/C24H16F3N3O3S2/c1-33-19-8-6-18(7-9-19)30-22(32)21(35-23(30)34)12-14-11-17(5-10-20(14)31)29-28-16-4-2-3-15(13-16)24(25,26)27/h2-13,31H,1H3. The number of rotatable bonds is 5. The van der Waals surface area contributed by atoms with Crippen LogP contribution in [-0.2, 0) is 11.0 Å². The van der Waals surface area contributed by atoms with Crippen LogP contribution >= 0.6 is 24.0 Å². The van der Waals surface area contributed by atoms with Crippen molar-refractivity contribution in [1.29, 1.82) is 0 Å². The van der Waals surface area contributed by atoms with E-state index in [9.17, 15) is 23.1 Å². The van der Waals surface area contributed by atoms with Gasteiger partial charge in [0.05, 0.1) is 34.6 Å². The van der Waals surface area contributed by atoms with Crippen LogP contribution in [0.5, 0.6) is 11.5 Å². The maximum absolute atomic E-state index is 13.0. The van der Waals surface area contributed by atoms with E-state index in [0.717, 1.165) is 23.9 Å². The fourth-order valence-electron chi connectivity index (χ4n) is 3.14. The molecule has 1 fully saturated rings. The van der Waals surface area contributed by atoms with Gasteiger partial charge in [-0.3, -0.25) is 9.69 Å². The summed E-state index contributed by atoms with van der Waals surface area (Å²) in [5.41, 5.74) is 0.316. The van der Waals surface area contributed by atoms with Gasteiger partial charge in [0.1, 0.15) is 11.5 Å². The largest absolute Gasteiger partial charge is 0.507 e. The predicted octanol–water partition coefficient (Wildman–Crippen LogP) is 7.24. The highest BCUT2D eigenvalue weighted by molar-refractivity contribution is 8.27. The number of anilines is 1. The van der Waals surface area contributed by atoms with Gasteiger partial charge in [-0.15, -0.1) is 0 Å². The first kappa shape index (κ1) is 24.4. The molecule has 1 amide bonds. The molecule has 0 atom stereocenters. The van der Waals surface area contributed by atoms with Crippen molar-refractivity contribution in [3.8, 4) is 11.5 Å². The van der Waals surface area contributed by atoms with E-state index < -0.39 is 11.7 Å². The zero-order valence-corrected chi connectivity index (χ0v) is 19.6. The zero-order valence-electron chi connectivity index (χ0n) is 18.0. The fraction of sp³-hybridized carbons (Fsp3) is 0.0833. The van der Waals surface area contributed by atoms with Gasteiger partial charge in [0.2, 0.25) is 0 Å². The molecule has 0 unspecified atom stereocenters. The van der Waals surface area contributed by atoms with Crippen LogP contribution in [0.4, 0.5) is 30.2 Å². The highest BCUT2D eigenvalue weighted by Crippen LogP contribution is 2.38. The van der Waals surface area contributed by atoms with Crippen molar-refractivity contribution >= 4 is 57.3 Å². The lowest BCUT2D eigenvalue weighted by Gasteiger charge is -2.14. The van der Waals surface area contributed by atoms with Crippen molar-refractivity contribution in [1.82, 2.24) is 0 Å². The monoisotopic (exact) mass is 515 g/mol. The molecule has 35 heavy (non-hydrogen) atoms. The lowest BCUT2D eigenvalue weighted by atomic mass is 10.1. The van der Waals surface area contributed by atoms with Crippen LogP contribution in [-0.4, -0.2) is 22.4 Å². The second-order valence-electron chi connectivity index (χ2n) is 7.21. The van der Waals surface area contributed by atoms with Crippen molar-refractivity contribution in [3.05, 3.63) is 82.8 Å². The number of hydrogen-bond donors (Lipinski definition) is 1. The number of phenols is 1. The van der Waals surface area contributed by atoms with E-state index in [0.29, 0.717) is 15.8 Å². The molecule has 0 spiro atoms. The Labute approximate surface area is 207 Å². The second-order valence-corrected chi connectivity index (χ2v) is 8.88. The minimum Gasteiger partial charge on any atom is -0.507 e. The third kappa shape index (κ3) is 5.52. The van der Waals surface area contributed by atoms with Gasteiger partial charge in [0.25, 0.3) is 5.91 Å². The first-order chi connectivity index (χ1) is 16.7. The number of azo groups is 1. The van der Waals surface area contributed by atoms with E-state index >= 15 is 0 Å². The van der Waals surface area contributed by atoms with Crippen LogP contribution in [0.1, 0.15) is 11.1 Å². The normalized spacial score (nSPS) is 15.4. The number of benzene rings is 3. The van der Waals surface area contributed by atoms with Crippen molar-refractivity contribution in [2.75, 3.05) is 12.0 Å². The lowest BCUT2D eigenvalue weighted by Crippen LogP contribution is -2.27. The van der Waals surface area contributed by atoms with Gasteiger partial charge in [0.15, 0.2) is 4.32 Å². The summed E-state index contributed by atoms with van der Waals surface area (Å²) >= 11 is 6.44. The quantitative estimate of drug-likeness (QED) is 0.220. The van der Waals surface area contributed by atoms with E-state index in [4.69, 9.17) is 17.0 Å². The maximum Gasteiger partial charge on any atom is 0.416 e. The molecule has 1 aliphatic rings. The summed E-state index contributed by atoms with van der Waals surface area (Å²) in [5, 5.41) is 18.1. The van der Waals surface area contributed by atoms with Crippen molar-refractivity contribution in [3.63, 3.8) is 0 Å². The number of carbonyl (C=O) groups excluding carboxylic acids is 1. The molecule has 1 heterocycles. The van der Waals surface area contributed by atoms with Crippen LogP contribution in [0.2, 0.25) is 0 Å². The number of methoxy groups -OCH3 is 1. The summed E-state index contributed by atoms with van der Waals surface area (Å²) in [4.78, 5) is 14.7. The Balaban J connectivity index is 1.58. The first-order valence-corrected chi connectivity index (χ1v) is 11.2. The van der Waals surface area contributed by atoms with Gasteiger partial charge < -0.3 is 9.84 Å². The van der Waals surface area contributed by atoms with Gasteiger partial charge in [-0.05, 0) is 66.7 Å². The summed E-state index contributed by atoms with van der Waals surface area (Å²) in [5.74, 6) is 0.161. The van der Waals surface area contributed by atoms with Crippen LogP contribution < -0.4 is 9.64 Å². The SMILES string of the molecule is COc1ccc(N2C(=O)C(=Cc3cc(N=Nc4cccc(C(F)(F)F)c4)ccc3O)SC2=S)cc1. The molecule has 4 rings (SSSR count). The van der Waals surface area contributed by atoms with Gasteiger partial charge >= 0.3 is 6.18 Å². The molecule has 0 aliphatic carbocycles. The van der Waals surface area contributed by atoms with Crippen LogP contribution in [0, 0.1) is 0 Å². The number of halogens is 3. The van der Waals surface area contributed by atoms with Gasteiger partial charge in [-0.1, -0.05) is 30.0 Å². The Hall–Kier alpha value is -3.70. The second kappa shape index (κ2) is 9.88. The summed E-state index contributed by atoms with van der Waals surface area (Å²) in [6.07, 6.45) is -3.02. The summed E-state index contributed by atoms with van der Waals surface area (Å²) in [6.45, 7) is 0. The molecule has 0 bridgehead atoms. The minimum absolute atomic E-state index is 0.0230. The number of carbonyl (C=O) groups is 1. The number of thioether (sulfide) groups is 1. The molecule has 178 valence electrons. The van der Waals surface area contributed by atoms with Crippen molar-refractivity contribution in [2.45, 2.75) is 6.18 Å². The van der Waals surface area contributed by atoms with Gasteiger partial charge in [0, 0.05) is 5.56 Å². The average Bonchev–Trinajstić information content (AvgIpc) is 3.11. The first-order valence-electron chi connectivity index (χ1n) is 10.00. The Kier molecular flexibility index (Phi) is 6.90. The lowest BCUT2D eigenvalue weighted by molar-refractivity contribution is -0.137. The number of alkyl halides is 3. The van der Waals surface area contributed by atoms with Crippen LogP contribution in [0.3, 0.4) is 0 Å². The molecule has 11 heteroatoms. The topological polar surface area (TPSA) is 74.5 Å². The number of nitrogens with zero attached hydrogens (tertiary/aromatic N) is 3. The van der Waals surface area contributed by atoms with Crippen molar-refractivity contribution < 1.29 is 27.8 Å². The molecule has 3 aromatic carbocycles. The summed E-state index contributed by atoms with van der Waals surface area (Å²) < 4.78 is 44.1. The maximum atomic E-state index is 13.0. The number of phenolic OH excluding ortho intramolecular Hbond substituents is 1. The number of amides is 1. The average molecular weight is 516 g/mol. The minimum atomic E-state index is -4.49. The Morgan fingerprint density at radius 2 is 1.71 bits per heavy atom. The molecule has 0 aromatic heterocycles. The molecule has 0 radical (unpaired) electrons. The predicted molar refractivity (Wildman–Crippen MR) is 132 cm³/mol. The van der Waals surface area contributed by atoms with E-state index in [2.05, 4.69) is 10.2 Å². The molecule has 0 saturated carbocycles. The van der Waals surface area contributed by atoms with Crippen LogP contribution in [0.25, 0.3) is 6.08 Å². The zero-order chi connectivity index (χ0) is 25.2. The molecule has 1 saturated heterocycles. The van der Waals surface area contributed by atoms with Crippen molar-refractivity contribution in [2.24, 2.45) is 10.2 Å². The van der Waals surface area contributed by atoms with Gasteiger partial charge in [-0.2, -0.15) is 23.4 Å². The number of hydrogen-bond acceptors (Lipinski definition) is 7. The highest BCUT2D eigenvalue weighted by Gasteiger charge is 2.33. The third-order valence-electron chi connectivity index (χ3n) is 4.88. The molecule has 6 nitrogen and oxygen atoms in total. The van der Waals surface area contributed by atoms with E-state index in [1.807, 2.05) is 0 Å². The number of thiocarbonyl (C=S) groups is 1. The van der Waals surface area contributed by atoms with Gasteiger partial charge in [-0.25, -0.2) is 0 Å². The summed E-state index contributed by atoms with van der Waals surface area (Å²) in [6, 6.07) is 15.6. The fourth-order valence-corrected chi connectivity index (χ4v) is 4.43. The van der Waals surface area contributed by atoms with E-state index in [1.54, 1.807) is 24.3 Å². The highest BCUT2D eigenvalue weighted by atomic mass is 32.2. The molecule has 1 N–H and O–H groups in total. The van der Waals surface area contributed by atoms with E-state index in [1.165, 1.54) is 48.4 Å². The third-order valence-corrected chi connectivity index (χ3v) is 6.18. The Morgan fingerprint density at radius 3 is 2.37 bits per heavy atom. The molecular formula is C24H16F3N3O3S2. The molecular weight excluding hydrogens is 499 g/mol. The molecule has 1 aliphatic heterocycles. The number of aromatic hydroxyl groups is 1. The van der Waals surface area contributed by atoms with E-state index in [-0.39, 0.29) is 33.5 Å². The van der Waals surface area contributed by atoms with Crippen LogP contribution in [0.15, 0.2) is 81.9 Å². The Morgan fingerprint density at radius 1 is 1.03 bits per heavy atom.